The highest BCUT2D eigenvalue weighted by atomic mass is 32.2. The molecule has 32 heavy (non-hydrogen) atoms. The second-order valence-electron chi connectivity index (χ2n) is 7.97. The molecule has 10 heteroatoms. The first-order valence-electron chi connectivity index (χ1n) is 11.2. The Labute approximate surface area is 192 Å². The third kappa shape index (κ3) is 4.79. The summed E-state index contributed by atoms with van der Waals surface area (Å²) in [6.45, 7) is 6.05. The standard InChI is InChI=1S/C22H30N8OS/c1-3-23-18-26-19(24-4-2)30-20(27-18)28-29-21(30)32-14-17(31)25-15-22(12-8-9-13-22)16-10-6-5-7-11-16/h5-7,10-11H,3-4,8-9,12-15H2,1-2H3,(H,25,31)(H2,23,24,26,27,28). The molecule has 1 aliphatic carbocycles. The van der Waals surface area contributed by atoms with E-state index in [1.165, 1.54) is 30.2 Å². The summed E-state index contributed by atoms with van der Waals surface area (Å²) >= 11 is 1.34. The molecule has 0 aliphatic heterocycles. The van der Waals surface area contributed by atoms with Crippen molar-refractivity contribution in [2.75, 3.05) is 36.0 Å². The molecule has 2 aromatic heterocycles. The van der Waals surface area contributed by atoms with E-state index in [1.807, 2.05) is 19.9 Å². The van der Waals surface area contributed by atoms with Crippen LogP contribution in [0.1, 0.15) is 45.1 Å². The smallest absolute Gasteiger partial charge is 0.261 e. The summed E-state index contributed by atoms with van der Waals surface area (Å²) in [7, 11) is 0. The fourth-order valence-electron chi connectivity index (χ4n) is 4.26. The largest absolute Gasteiger partial charge is 0.355 e. The predicted molar refractivity (Wildman–Crippen MR) is 127 cm³/mol. The number of fused-ring (bicyclic) bond motifs is 1. The molecule has 0 spiro atoms. The minimum absolute atomic E-state index is 0.0101. The van der Waals surface area contributed by atoms with E-state index < -0.39 is 0 Å². The highest BCUT2D eigenvalue weighted by molar-refractivity contribution is 7.99. The van der Waals surface area contributed by atoms with Crippen LogP contribution in [-0.4, -0.2) is 55.9 Å². The number of carbonyl (C=O) groups is 1. The molecule has 3 aromatic rings. The van der Waals surface area contributed by atoms with Crippen LogP contribution in [0.15, 0.2) is 35.5 Å². The van der Waals surface area contributed by atoms with Crippen LogP contribution in [0.2, 0.25) is 0 Å². The average Bonchev–Trinajstić information content (AvgIpc) is 3.45. The lowest BCUT2D eigenvalue weighted by Crippen LogP contribution is -2.39. The molecular formula is C22H30N8OS. The number of thioether (sulfide) groups is 1. The fraction of sp³-hybridized carbons (Fsp3) is 0.500. The van der Waals surface area contributed by atoms with Gasteiger partial charge in [-0.1, -0.05) is 54.9 Å². The van der Waals surface area contributed by atoms with Crippen LogP contribution < -0.4 is 16.0 Å². The molecule has 0 bridgehead atoms. The molecule has 0 atom stereocenters. The number of amides is 1. The van der Waals surface area contributed by atoms with Gasteiger partial charge in [0.15, 0.2) is 5.16 Å². The number of nitrogens with zero attached hydrogens (tertiary/aromatic N) is 5. The van der Waals surface area contributed by atoms with Gasteiger partial charge in [-0.05, 0) is 32.3 Å². The third-order valence-electron chi connectivity index (χ3n) is 5.82. The van der Waals surface area contributed by atoms with Crippen LogP contribution in [-0.2, 0) is 10.2 Å². The van der Waals surface area contributed by atoms with Crippen molar-refractivity contribution in [2.24, 2.45) is 0 Å². The molecule has 1 aromatic carbocycles. The zero-order chi connectivity index (χ0) is 22.4. The first-order chi connectivity index (χ1) is 15.6. The van der Waals surface area contributed by atoms with Crippen molar-refractivity contribution in [1.29, 1.82) is 0 Å². The second-order valence-corrected chi connectivity index (χ2v) is 8.91. The molecule has 4 rings (SSSR count). The average molecular weight is 455 g/mol. The maximum Gasteiger partial charge on any atom is 0.261 e. The van der Waals surface area contributed by atoms with Crippen LogP contribution in [0.4, 0.5) is 11.9 Å². The first-order valence-corrected chi connectivity index (χ1v) is 12.2. The van der Waals surface area contributed by atoms with Gasteiger partial charge in [0, 0.05) is 25.0 Å². The summed E-state index contributed by atoms with van der Waals surface area (Å²) in [6, 6.07) is 10.6. The Kier molecular flexibility index (Phi) is 7.09. The lowest BCUT2D eigenvalue weighted by atomic mass is 9.79. The molecule has 0 saturated heterocycles. The molecule has 0 unspecified atom stereocenters. The molecule has 3 N–H and O–H groups in total. The van der Waals surface area contributed by atoms with E-state index >= 15 is 0 Å². The van der Waals surface area contributed by atoms with Gasteiger partial charge in [0.1, 0.15) is 0 Å². The van der Waals surface area contributed by atoms with Crippen molar-refractivity contribution in [3.8, 4) is 0 Å². The Balaban J connectivity index is 1.42. The van der Waals surface area contributed by atoms with E-state index in [0.717, 1.165) is 12.8 Å². The summed E-state index contributed by atoms with van der Waals surface area (Å²) in [6.07, 6.45) is 4.62. The lowest BCUT2D eigenvalue weighted by molar-refractivity contribution is -0.118. The minimum Gasteiger partial charge on any atom is -0.355 e. The lowest BCUT2D eigenvalue weighted by Gasteiger charge is -2.30. The summed E-state index contributed by atoms with van der Waals surface area (Å²) in [5, 5.41) is 18.5. The maximum absolute atomic E-state index is 12.7. The number of hydrogen-bond acceptors (Lipinski definition) is 8. The maximum atomic E-state index is 12.7. The van der Waals surface area contributed by atoms with E-state index in [-0.39, 0.29) is 17.1 Å². The normalized spacial score (nSPS) is 15.1. The van der Waals surface area contributed by atoms with Gasteiger partial charge in [-0.3, -0.25) is 4.79 Å². The summed E-state index contributed by atoms with van der Waals surface area (Å²) in [5.41, 5.74) is 1.36. The van der Waals surface area contributed by atoms with E-state index in [9.17, 15) is 4.79 Å². The number of benzene rings is 1. The molecule has 0 radical (unpaired) electrons. The Bertz CT molecular complexity index is 1050. The fourth-order valence-corrected chi connectivity index (χ4v) is 5.02. The van der Waals surface area contributed by atoms with Crippen molar-refractivity contribution in [3.05, 3.63) is 35.9 Å². The highest BCUT2D eigenvalue weighted by Crippen LogP contribution is 2.40. The van der Waals surface area contributed by atoms with Crippen molar-refractivity contribution < 1.29 is 4.79 Å². The quantitative estimate of drug-likeness (QED) is 0.401. The Morgan fingerprint density at radius 3 is 2.53 bits per heavy atom. The zero-order valence-electron chi connectivity index (χ0n) is 18.6. The van der Waals surface area contributed by atoms with Gasteiger partial charge in [-0.25, -0.2) is 4.40 Å². The Morgan fingerprint density at radius 2 is 1.81 bits per heavy atom. The van der Waals surface area contributed by atoms with Gasteiger partial charge in [-0.2, -0.15) is 9.97 Å². The van der Waals surface area contributed by atoms with E-state index in [1.54, 1.807) is 4.40 Å². The van der Waals surface area contributed by atoms with Crippen molar-refractivity contribution in [1.82, 2.24) is 29.9 Å². The molecule has 9 nitrogen and oxygen atoms in total. The third-order valence-corrected chi connectivity index (χ3v) is 6.75. The van der Waals surface area contributed by atoms with Gasteiger partial charge in [0.2, 0.25) is 17.8 Å². The predicted octanol–water partition coefficient (Wildman–Crippen LogP) is 3.10. The van der Waals surface area contributed by atoms with E-state index in [2.05, 4.69) is 60.4 Å². The number of rotatable bonds is 10. The van der Waals surface area contributed by atoms with Crippen molar-refractivity contribution in [3.63, 3.8) is 0 Å². The number of nitrogens with one attached hydrogen (secondary N) is 3. The van der Waals surface area contributed by atoms with E-state index in [4.69, 9.17) is 0 Å². The monoisotopic (exact) mass is 454 g/mol. The first kappa shape index (κ1) is 22.3. The van der Waals surface area contributed by atoms with Crippen molar-refractivity contribution in [2.45, 2.75) is 50.1 Å². The van der Waals surface area contributed by atoms with Crippen LogP contribution >= 0.6 is 11.8 Å². The second kappa shape index (κ2) is 10.2. The van der Waals surface area contributed by atoms with Crippen molar-refractivity contribution >= 4 is 35.3 Å². The van der Waals surface area contributed by atoms with E-state index in [0.29, 0.717) is 42.5 Å². The molecule has 170 valence electrons. The molecule has 1 amide bonds. The topological polar surface area (TPSA) is 109 Å². The Hall–Kier alpha value is -2.88. The van der Waals surface area contributed by atoms with Crippen LogP contribution in [0, 0.1) is 0 Å². The number of hydrogen-bond donors (Lipinski definition) is 3. The SMILES string of the molecule is CCNc1nc(NCC)n2c(SCC(=O)NCC3(c4ccccc4)CCCC3)nnc2n1. The van der Waals surface area contributed by atoms with Crippen LogP contribution in [0.3, 0.4) is 0 Å². The van der Waals surface area contributed by atoms with Gasteiger partial charge in [-0.15, -0.1) is 10.2 Å². The number of anilines is 2. The molecule has 1 fully saturated rings. The van der Waals surface area contributed by atoms with Gasteiger partial charge in [0.05, 0.1) is 5.75 Å². The summed E-state index contributed by atoms with van der Waals surface area (Å²) in [4.78, 5) is 21.6. The minimum atomic E-state index is -0.0101. The summed E-state index contributed by atoms with van der Waals surface area (Å²) in [5.74, 6) is 1.80. The highest BCUT2D eigenvalue weighted by Gasteiger charge is 2.35. The number of aromatic nitrogens is 5. The van der Waals surface area contributed by atoms with Crippen LogP contribution in [0.25, 0.3) is 5.78 Å². The molecule has 1 saturated carbocycles. The Morgan fingerprint density at radius 1 is 1.06 bits per heavy atom. The summed E-state index contributed by atoms with van der Waals surface area (Å²) < 4.78 is 1.75. The number of carbonyl (C=O) groups excluding carboxylic acids is 1. The molecule has 1 aliphatic rings. The van der Waals surface area contributed by atoms with Gasteiger partial charge in [0.25, 0.3) is 5.78 Å². The molecular weight excluding hydrogens is 424 g/mol. The zero-order valence-corrected chi connectivity index (χ0v) is 19.4. The van der Waals surface area contributed by atoms with Crippen LogP contribution in [0.5, 0.6) is 0 Å². The van der Waals surface area contributed by atoms with Gasteiger partial charge >= 0.3 is 0 Å². The van der Waals surface area contributed by atoms with Gasteiger partial charge < -0.3 is 16.0 Å². The molecule has 2 heterocycles.